The predicted octanol–water partition coefficient (Wildman–Crippen LogP) is 3.93. The first-order chi connectivity index (χ1) is 11.1. The average molecular weight is 307 g/mol. The molecule has 5 heteroatoms. The van der Waals surface area contributed by atoms with Gasteiger partial charge in [-0.25, -0.2) is 9.48 Å². The Labute approximate surface area is 134 Å². The highest BCUT2D eigenvalue weighted by molar-refractivity contribution is 5.95. The van der Waals surface area contributed by atoms with Gasteiger partial charge in [0, 0.05) is 5.69 Å². The first-order valence-electron chi connectivity index (χ1n) is 7.28. The number of aryl methyl sites for hydroxylation is 1. The number of nitrogens with zero attached hydrogens (tertiary/aromatic N) is 2. The summed E-state index contributed by atoms with van der Waals surface area (Å²) >= 11 is 0. The number of aromatic carboxylic acids is 1. The number of carboxylic acid groups (broad SMARTS) is 1. The molecule has 2 aromatic carbocycles. The molecule has 0 atom stereocenters. The summed E-state index contributed by atoms with van der Waals surface area (Å²) in [6.07, 6.45) is 0. The third-order valence-electron chi connectivity index (χ3n) is 3.61. The van der Waals surface area contributed by atoms with Crippen LogP contribution in [0.25, 0.3) is 5.69 Å². The average Bonchev–Trinajstić information content (AvgIpc) is 2.84. The molecule has 1 aromatic heterocycles. The lowest BCUT2D eigenvalue weighted by molar-refractivity contribution is 0.0697. The van der Waals surface area contributed by atoms with E-state index in [1.54, 1.807) is 11.6 Å². The van der Waals surface area contributed by atoms with Crippen molar-refractivity contribution in [1.82, 2.24) is 9.78 Å². The Kier molecular flexibility index (Phi) is 3.85. The van der Waals surface area contributed by atoms with E-state index in [4.69, 9.17) is 0 Å². The normalized spacial score (nSPS) is 10.5. The van der Waals surface area contributed by atoms with Crippen LogP contribution in [-0.4, -0.2) is 20.9 Å². The standard InChI is InChI=1S/C18H17N3O2/c1-12-7-6-8-14(11-12)19-17-16(18(22)23)13(2)21(20-17)15-9-4-3-5-10-15/h3-11H,1-2H3,(H,19,20)(H,22,23). The fourth-order valence-corrected chi connectivity index (χ4v) is 2.53. The Hall–Kier alpha value is -3.08. The van der Waals surface area contributed by atoms with Gasteiger partial charge in [-0.1, -0.05) is 30.3 Å². The summed E-state index contributed by atoms with van der Waals surface area (Å²) in [5, 5.41) is 17.1. The van der Waals surface area contributed by atoms with Gasteiger partial charge in [0.25, 0.3) is 0 Å². The van der Waals surface area contributed by atoms with Crippen LogP contribution in [0.15, 0.2) is 54.6 Å². The summed E-state index contributed by atoms with van der Waals surface area (Å²) in [4.78, 5) is 11.7. The molecule has 0 bridgehead atoms. The molecule has 0 saturated carbocycles. The number of aromatic nitrogens is 2. The second kappa shape index (κ2) is 5.96. The molecule has 23 heavy (non-hydrogen) atoms. The van der Waals surface area contributed by atoms with Crippen LogP contribution in [0.2, 0.25) is 0 Å². The van der Waals surface area contributed by atoms with Gasteiger partial charge in [-0.15, -0.1) is 5.10 Å². The lowest BCUT2D eigenvalue weighted by Crippen LogP contribution is -2.03. The van der Waals surface area contributed by atoms with E-state index in [1.807, 2.05) is 61.5 Å². The minimum absolute atomic E-state index is 0.176. The number of carbonyl (C=O) groups is 1. The number of hydrogen-bond donors (Lipinski definition) is 2. The van der Waals surface area contributed by atoms with Crippen LogP contribution in [-0.2, 0) is 0 Å². The minimum atomic E-state index is -1.00. The molecular weight excluding hydrogens is 290 g/mol. The highest BCUT2D eigenvalue weighted by Crippen LogP contribution is 2.25. The van der Waals surface area contributed by atoms with Gasteiger partial charge in [0.15, 0.2) is 5.82 Å². The maximum atomic E-state index is 11.7. The van der Waals surface area contributed by atoms with Crippen molar-refractivity contribution < 1.29 is 9.90 Å². The number of nitrogens with one attached hydrogen (secondary N) is 1. The maximum absolute atomic E-state index is 11.7. The molecule has 5 nitrogen and oxygen atoms in total. The molecule has 116 valence electrons. The second-order valence-corrected chi connectivity index (χ2v) is 5.36. The molecule has 0 aliphatic rings. The number of anilines is 2. The van der Waals surface area contributed by atoms with Crippen molar-refractivity contribution in [2.75, 3.05) is 5.32 Å². The van der Waals surface area contributed by atoms with Crippen molar-refractivity contribution in [1.29, 1.82) is 0 Å². The monoisotopic (exact) mass is 307 g/mol. The molecular formula is C18H17N3O2. The molecule has 0 unspecified atom stereocenters. The van der Waals surface area contributed by atoms with Crippen molar-refractivity contribution in [3.63, 3.8) is 0 Å². The van der Waals surface area contributed by atoms with Crippen LogP contribution in [0.3, 0.4) is 0 Å². The topological polar surface area (TPSA) is 67.2 Å². The van der Waals surface area contributed by atoms with E-state index in [2.05, 4.69) is 10.4 Å². The summed E-state index contributed by atoms with van der Waals surface area (Å²) in [5.41, 5.74) is 3.48. The van der Waals surface area contributed by atoms with Crippen LogP contribution in [0.1, 0.15) is 21.6 Å². The molecule has 0 amide bonds. The van der Waals surface area contributed by atoms with Gasteiger partial charge < -0.3 is 10.4 Å². The Morgan fingerprint density at radius 1 is 1.09 bits per heavy atom. The Morgan fingerprint density at radius 2 is 1.83 bits per heavy atom. The Balaban J connectivity index is 2.08. The lowest BCUT2D eigenvalue weighted by atomic mass is 10.2. The quantitative estimate of drug-likeness (QED) is 0.766. The van der Waals surface area contributed by atoms with E-state index >= 15 is 0 Å². The molecule has 3 rings (SSSR count). The van der Waals surface area contributed by atoms with Gasteiger partial charge in [0.1, 0.15) is 5.56 Å². The largest absolute Gasteiger partial charge is 0.477 e. The zero-order valence-electron chi connectivity index (χ0n) is 12.9. The van der Waals surface area contributed by atoms with E-state index < -0.39 is 5.97 Å². The second-order valence-electron chi connectivity index (χ2n) is 5.36. The smallest absolute Gasteiger partial charge is 0.341 e. The van der Waals surface area contributed by atoms with Gasteiger partial charge in [-0.2, -0.15) is 0 Å². The van der Waals surface area contributed by atoms with Crippen molar-refractivity contribution in [2.24, 2.45) is 0 Å². The first kappa shape index (κ1) is 14.8. The molecule has 0 radical (unpaired) electrons. The fraction of sp³-hybridized carbons (Fsp3) is 0.111. The molecule has 0 fully saturated rings. The third kappa shape index (κ3) is 2.94. The Bertz CT molecular complexity index is 854. The molecule has 3 aromatic rings. The van der Waals surface area contributed by atoms with Crippen molar-refractivity contribution in [2.45, 2.75) is 13.8 Å². The number of rotatable bonds is 4. The number of carboxylic acids is 1. The summed E-state index contributed by atoms with van der Waals surface area (Å²) in [7, 11) is 0. The highest BCUT2D eigenvalue weighted by Gasteiger charge is 2.21. The number of benzene rings is 2. The van der Waals surface area contributed by atoms with E-state index in [0.717, 1.165) is 16.9 Å². The summed E-state index contributed by atoms with van der Waals surface area (Å²) in [6.45, 7) is 3.74. The van der Waals surface area contributed by atoms with Crippen LogP contribution in [0, 0.1) is 13.8 Å². The van der Waals surface area contributed by atoms with Crippen LogP contribution in [0.4, 0.5) is 11.5 Å². The summed E-state index contributed by atoms with van der Waals surface area (Å²) in [6, 6.07) is 17.2. The van der Waals surface area contributed by atoms with Gasteiger partial charge in [-0.3, -0.25) is 0 Å². The summed E-state index contributed by atoms with van der Waals surface area (Å²) in [5.74, 6) is -0.663. The first-order valence-corrected chi connectivity index (χ1v) is 7.28. The van der Waals surface area contributed by atoms with Gasteiger partial charge in [0.2, 0.25) is 0 Å². The van der Waals surface area contributed by atoms with E-state index in [-0.39, 0.29) is 5.56 Å². The van der Waals surface area contributed by atoms with E-state index in [1.165, 1.54) is 0 Å². The van der Waals surface area contributed by atoms with Crippen LogP contribution < -0.4 is 5.32 Å². The molecule has 0 spiro atoms. The van der Waals surface area contributed by atoms with Crippen LogP contribution in [0.5, 0.6) is 0 Å². The molecule has 0 saturated heterocycles. The zero-order valence-corrected chi connectivity index (χ0v) is 12.9. The van der Waals surface area contributed by atoms with Gasteiger partial charge in [0.05, 0.1) is 11.4 Å². The van der Waals surface area contributed by atoms with Crippen LogP contribution >= 0.6 is 0 Å². The summed E-state index contributed by atoms with van der Waals surface area (Å²) < 4.78 is 1.64. The van der Waals surface area contributed by atoms with Gasteiger partial charge >= 0.3 is 5.97 Å². The molecule has 2 N–H and O–H groups in total. The van der Waals surface area contributed by atoms with Crippen molar-refractivity contribution in [3.05, 3.63) is 71.4 Å². The van der Waals surface area contributed by atoms with Crippen molar-refractivity contribution >= 4 is 17.5 Å². The SMILES string of the molecule is Cc1cccc(Nc2nn(-c3ccccc3)c(C)c2C(=O)O)c1. The minimum Gasteiger partial charge on any atom is -0.477 e. The highest BCUT2D eigenvalue weighted by atomic mass is 16.4. The van der Waals surface area contributed by atoms with E-state index in [0.29, 0.717) is 11.5 Å². The number of hydrogen-bond acceptors (Lipinski definition) is 3. The lowest BCUT2D eigenvalue weighted by Gasteiger charge is -2.05. The third-order valence-corrected chi connectivity index (χ3v) is 3.61. The van der Waals surface area contributed by atoms with E-state index in [9.17, 15) is 9.90 Å². The predicted molar refractivity (Wildman–Crippen MR) is 89.7 cm³/mol. The molecule has 0 aliphatic carbocycles. The van der Waals surface area contributed by atoms with Gasteiger partial charge in [-0.05, 0) is 43.7 Å². The molecule has 0 aliphatic heterocycles. The number of para-hydroxylation sites is 1. The zero-order chi connectivity index (χ0) is 16.4. The van der Waals surface area contributed by atoms with Crippen molar-refractivity contribution in [3.8, 4) is 5.69 Å². The molecule has 1 heterocycles. The maximum Gasteiger partial charge on any atom is 0.341 e. The Morgan fingerprint density at radius 3 is 2.48 bits per heavy atom. The fourth-order valence-electron chi connectivity index (χ4n) is 2.53.